The summed E-state index contributed by atoms with van der Waals surface area (Å²) in [6, 6.07) is 0.373. The highest BCUT2D eigenvalue weighted by molar-refractivity contribution is 5.38. The zero-order valence-corrected chi connectivity index (χ0v) is 11.6. The smallest absolute Gasteiger partial charge is 0.323 e. The third-order valence-corrected chi connectivity index (χ3v) is 3.01. The van der Waals surface area contributed by atoms with Crippen LogP contribution in [0.25, 0.3) is 0 Å². The maximum Gasteiger partial charge on any atom is 0.323 e. The standard InChI is InChI=1S/C13H21N5O/c1-3-4-10-19-13-16-11(14-2)15-12(17-13)18-8-6-5-7-9-18/h3-4H,5-10H2,1-2H3,(H,14,15,16,17)/b4-3+. The highest BCUT2D eigenvalue weighted by atomic mass is 16.5. The number of ether oxygens (including phenoxy) is 1. The van der Waals surface area contributed by atoms with Gasteiger partial charge in [0.05, 0.1) is 0 Å². The summed E-state index contributed by atoms with van der Waals surface area (Å²) in [6.07, 6.45) is 7.52. The van der Waals surface area contributed by atoms with E-state index in [0.29, 0.717) is 24.5 Å². The first-order valence-corrected chi connectivity index (χ1v) is 6.76. The van der Waals surface area contributed by atoms with E-state index in [-0.39, 0.29) is 0 Å². The van der Waals surface area contributed by atoms with Crippen LogP contribution < -0.4 is 15.0 Å². The number of anilines is 2. The zero-order valence-electron chi connectivity index (χ0n) is 11.6. The lowest BCUT2D eigenvalue weighted by atomic mass is 10.1. The normalized spacial score (nSPS) is 15.8. The van der Waals surface area contributed by atoms with Crippen LogP contribution in [0.4, 0.5) is 11.9 Å². The molecule has 0 unspecified atom stereocenters. The second-order valence-electron chi connectivity index (χ2n) is 4.42. The Balaban J connectivity index is 2.14. The van der Waals surface area contributed by atoms with Gasteiger partial charge in [0.25, 0.3) is 0 Å². The predicted molar refractivity (Wildman–Crippen MR) is 75.7 cm³/mol. The number of piperidine rings is 1. The van der Waals surface area contributed by atoms with Crippen molar-refractivity contribution >= 4 is 11.9 Å². The number of nitrogens with zero attached hydrogens (tertiary/aromatic N) is 4. The number of allylic oxidation sites excluding steroid dienone is 1. The highest BCUT2D eigenvalue weighted by Gasteiger charge is 2.16. The van der Waals surface area contributed by atoms with Crippen molar-refractivity contribution in [1.29, 1.82) is 0 Å². The second-order valence-corrected chi connectivity index (χ2v) is 4.42. The predicted octanol–water partition coefficient (Wildman–Crippen LogP) is 1.86. The molecule has 1 aromatic rings. The van der Waals surface area contributed by atoms with Gasteiger partial charge in [-0.3, -0.25) is 0 Å². The zero-order chi connectivity index (χ0) is 13.5. The minimum absolute atomic E-state index is 0.373. The van der Waals surface area contributed by atoms with Crippen LogP contribution >= 0.6 is 0 Å². The summed E-state index contributed by atoms with van der Waals surface area (Å²) >= 11 is 0. The van der Waals surface area contributed by atoms with Crippen LogP contribution in [0.3, 0.4) is 0 Å². The molecule has 19 heavy (non-hydrogen) atoms. The van der Waals surface area contributed by atoms with Gasteiger partial charge in [0.2, 0.25) is 11.9 Å². The summed E-state index contributed by atoms with van der Waals surface area (Å²) < 4.78 is 5.50. The largest absolute Gasteiger partial charge is 0.459 e. The van der Waals surface area contributed by atoms with Gasteiger partial charge in [-0.25, -0.2) is 0 Å². The van der Waals surface area contributed by atoms with Crippen LogP contribution in [0.2, 0.25) is 0 Å². The lowest BCUT2D eigenvalue weighted by molar-refractivity contribution is 0.332. The van der Waals surface area contributed by atoms with Gasteiger partial charge in [0.15, 0.2) is 0 Å². The summed E-state index contributed by atoms with van der Waals surface area (Å²) in [5, 5.41) is 2.95. The fraction of sp³-hybridized carbons (Fsp3) is 0.615. The second kappa shape index (κ2) is 6.92. The Morgan fingerprint density at radius 3 is 2.68 bits per heavy atom. The summed E-state index contributed by atoms with van der Waals surface area (Å²) in [5.41, 5.74) is 0. The van der Waals surface area contributed by atoms with Crippen molar-refractivity contribution in [3.63, 3.8) is 0 Å². The summed E-state index contributed by atoms with van der Waals surface area (Å²) in [7, 11) is 1.80. The van der Waals surface area contributed by atoms with Crippen molar-refractivity contribution < 1.29 is 4.74 Å². The van der Waals surface area contributed by atoms with E-state index in [1.165, 1.54) is 19.3 Å². The van der Waals surface area contributed by atoms with Gasteiger partial charge < -0.3 is 15.0 Å². The molecule has 0 saturated carbocycles. The summed E-state index contributed by atoms with van der Waals surface area (Å²) in [4.78, 5) is 15.2. The van der Waals surface area contributed by atoms with Gasteiger partial charge in [-0.05, 0) is 26.2 Å². The van der Waals surface area contributed by atoms with Crippen molar-refractivity contribution in [2.75, 3.05) is 37.0 Å². The maximum absolute atomic E-state index is 5.50. The van der Waals surface area contributed by atoms with E-state index < -0.39 is 0 Å². The molecule has 1 saturated heterocycles. The Hall–Kier alpha value is -1.85. The molecule has 1 fully saturated rings. The summed E-state index contributed by atoms with van der Waals surface area (Å²) in [6.45, 7) is 4.43. The molecule has 2 heterocycles. The molecule has 1 aliphatic rings. The molecule has 0 aliphatic carbocycles. The van der Waals surface area contributed by atoms with E-state index >= 15 is 0 Å². The molecule has 1 aromatic heterocycles. The molecule has 2 rings (SSSR count). The van der Waals surface area contributed by atoms with E-state index in [0.717, 1.165) is 13.1 Å². The fourth-order valence-electron chi connectivity index (χ4n) is 1.98. The molecule has 104 valence electrons. The number of nitrogens with one attached hydrogen (secondary N) is 1. The number of rotatable bonds is 5. The molecule has 6 nitrogen and oxygen atoms in total. The van der Waals surface area contributed by atoms with Crippen molar-refractivity contribution in [3.05, 3.63) is 12.2 Å². The van der Waals surface area contributed by atoms with Crippen molar-refractivity contribution in [1.82, 2.24) is 15.0 Å². The Morgan fingerprint density at radius 1 is 1.21 bits per heavy atom. The molecule has 0 radical (unpaired) electrons. The molecule has 0 amide bonds. The van der Waals surface area contributed by atoms with E-state index in [1.54, 1.807) is 7.05 Å². The average Bonchev–Trinajstić information content (AvgIpc) is 2.48. The Bertz CT molecular complexity index is 429. The first-order valence-electron chi connectivity index (χ1n) is 6.76. The Labute approximate surface area is 113 Å². The first kappa shape index (κ1) is 13.6. The minimum atomic E-state index is 0.373. The number of hydrogen-bond donors (Lipinski definition) is 1. The van der Waals surface area contributed by atoms with Crippen LogP contribution in [0, 0.1) is 0 Å². The third kappa shape index (κ3) is 3.81. The van der Waals surface area contributed by atoms with Crippen LogP contribution in [-0.4, -0.2) is 41.7 Å². The average molecular weight is 263 g/mol. The van der Waals surface area contributed by atoms with Crippen molar-refractivity contribution in [2.24, 2.45) is 0 Å². The minimum Gasteiger partial charge on any atom is -0.459 e. The van der Waals surface area contributed by atoms with Crippen molar-refractivity contribution in [3.8, 4) is 6.01 Å². The van der Waals surface area contributed by atoms with Crippen molar-refractivity contribution in [2.45, 2.75) is 26.2 Å². The van der Waals surface area contributed by atoms with E-state index in [9.17, 15) is 0 Å². The SMILES string of the molecule is C/C=C/COc1nc(NC)nc(N2CCCCC2)n1. The van der Waals surface area contributed by atoms with Crippen LogP contribution in [-0.2, 0) is 0 Å². The van der Waals surface area contributed by atoms with E-state index in [2.05, 4.69) is 25.2 Å². The van der Waals surface area contributed by atoms with Gasteiger partial charge >= 0.3 is 6.01 Å². The lowest BCUT2D eigenvalue weighted by Gasteiger charge is -2.26. The van der Waals surface area contributed by atoms with Gasteiger partial charge in [-0.15, -0.1) is 0 Å². The van der Waals surface area contributed by atoms with E-state index in [1.807, 2.05) is 19.1 Å². The van der Waals surface area contributed by atoms with Gasteiger partial charge in [0.1, 0.15) is 6.61 Å². The fourth-order valence-corrected chi connectivity index (χ4v) is 1.98. The molecule has 1 N–H and O–H groups in total. The molecular formula is C13H21N5O. The monoisotopic (exact) mass is 263 g/mol. The highest BCUT2D eigenvalue weighted by Crippen LogP contribution is 2.19. The molecule has 0 bridgehead atoms. The van der Waals surface area contributed by atoms with E-state index in [4.69, 9.17) is 4.74 Å². The maximum atomic E-state index is 5.50. The van der Waals surface area contributed by atoms with Gasteiger partial charge in [0, 0.05) is 20.1 Å². The molecule has 0 aromatic carbocycles. The summed E-state index contributed by atoms with van der Waals surface area (Å²) in [5.74, 6) is 1.25. The lowest BCUT2D eigenvalue weighted by Crippen LogP contribution is -2.31. The molecular weight excluding hydrogens is 242 g/mol. The van der Waals surface area contributed by atoms with Crippen LogP contribution in [0.1, 0.15) is 26.2 Å². The van der Waals surface area contributed by atoms with Crippen LogP contribution in [0.5, 0.6) is 6.01 Å². The van der Waals surface area contributed by atoms with Gasteiger partial charge in [-0.2, -0.15) is 15.0 Å². The molecule has 0 spiro atoms. The van der Waals surface area contributed by atoms with Gasteiger partial charge in [-0.1, -0.05) is 12.2 Å². The number of aromatic nitrogens is 3. The first-order chi connectivity index (χ1) is 9.33. The topological polar surface area (TPSA) is 63.2 Å². The Morgan fingerprint density at radius 2 is 2.00 bits per heavy atom. The Kier molecular flexibility index (Phi) is 4.94. The van der Waals surface area contributed by atoms with Crippen LogP contribution in [0.15, 0.2) is 12.2 Å². The molecule has 6 heteroatoms. The molecule has 1 aliphatic heterocycles. The third-order valence-electron chi connectivity index (χ3n) is 3.01. The quantitative estimate of drug-likeness (QED) is 0.818. The number of hydrogen-bond acceptors (Lipinski definition) is 6. The molecule has 0 atom stereocenters.